The number of hydrogen-bond donors (Lipinski definition) is 3. The molecule has 0 aliphatic carbocycles. The van der Waals surface area contributed by atoms with Crippen LogP contribution in [-0.4, -0.2) is 34.9 Å². The van der Waals surface area contributed by atoms with Crippen molar-refractivity contribution in [3.8, 4) is 0 Å². The second-order valence-electron chi connectivity index (χ2n) is 16.5. The summed E-state index contributed by atoms with van der Waals surface area (Å²) in [6.45, 7) is 4.07. The standard InChI is InChI=1S/C56H95NO3/c1-3-5-7-9-11-12-13-14-15-16-17-18-19-20-21-22-23-24-25-26-27-28-29-30-31-32-33-34-35-36-37-38-39-40-41-42-43-44-46-48-50-52-56(60)57-54(53-58)55(59)51-49-47-45-10-8-6-4-2/h5,7-8,10-12,14-15,17-18,20-21,23-24,26-27,49,51,54-55,58-59H,3-4,6,9,13,16,19,22,25,28-48,50,52-53H2,1-2H3,(H,57,60)/b7-5-,10-8+,12-11-,15-14-,18-17-,21-20-,24-23-,27-26-,51-49+. The van der Waals surface area contributed by atoms with Crippen LogP contribution in [0.3, 0.4) is 0 Å². The summed E-state index contributed by atoms with van der Waals surface area (Å²) in [5.41, 5.74) is 0. The maximum absolute atomic E-state index is 12.3. The molecule has 0 aromatic heterocycles. The first-order valence-electron chi connectivity index (χ1n) is 25.1. The van der Waals surface area contributed by atoms with Gasteiger partial charge >= 0.3 is 0 Å². The lowest BCUT2D eigenvalue weighted by Gasteiger charge is -2.19. The molecule has 1 amide bonds. The third kappa shape index (κ3) is 46.1. The summed E-state index contributed by atoms with van der Waals surface area (Å²) in [5.74, 6) is -0.0808. The highest BCUT2D eigenvalue weighted by atomic mass is 16.3. The van der Waals surface area contributed by atoms with Gasteiger partial charge in [-0.05, 0) is 83.5 Å². The molecule has 0 saturated carbocycles. The number of allylic oxidation sites excluding steroid dienone is 17. The SMILES string of the molecule is CC/C=C\C/C=C\C/C=C\C/C=C\C/C=C\C/C=C\C/C=C\CCCCCCCCCCCCCCCCCCCCCC(=O)NC(CO)C(O)/C=C/CC/C=C/CCC. The van der Waals surface area contributed by atoms with E-state index in [0.29, 0.717) is 6.42 Å². The molecule has 0 rings (SSSR count). The Hall–Kier alpha value is -2.95. The normalized spacial score (nSPS) is 13.9. The van der Waals surface area contributed by atoms with Gasteiger partial charge in [-0.2, -0.15) is 0 Å². The Bertz CT molecular complexity index is 1170. The Morgan fingerprint density at radius 2 is 0.750 bits per heavy atom. The third-order valence-electron chi connectivity index (χ3n) is 10.7. The topological polar surface area (TPSA) is 69.6 Å². The van der Waals surface area contributed by atoms with Gasteiger partial charge in [0.2, 0.25) is 5.91 Å². The van der Waals surface area contributed by atoms with Crippen LogP contribution in [0.25, 0.3) is 0 Å². The van der Waals surface area contributed by atoms with Gasteiger partial charge in [0.05, 0.1) is 18.8 Å². The molecule has 0 heterocycles. The summed E-state index contributed by atoms with van der Waals surface area (Å²) >= 11 is 0. The Labute approximate surface area is 372 Å². The number of carbonyl (C=O) groups is 1. The lowest BCUT2D eigenvalue weighted by atomic mass is 10.0. The quantitative estimate of drug-likeness (QED) is 0.0423. The van der Waals surface area contributed by atoms with Gasteiger partial charge in [-0.1, -0.05) is 239 Å². The van der Waals surface area contributed by atoms with Crippen LogP contribution in [0.15, 0.2) is 109 Å². The lowest BCUT2D eigenvalue weighted by molar-refractivity contribution is -0.123. The molecule has 0 fully saturated rings. The number of nitrogens with one attached hydrogen (secondary N) is 1. The smallest absolute Gasteiger partial charge is 0.220 e. The molecule has 4 heteroatoms. The molecule has 0 aromatic rings. The van der Waals surface area contributed by atoms with Gasteiger partial charge in [-0.3, -0.25) is 4.79 Å². The largest absolute Gasteiger partial charge is 0.394 e. The molecule has 2 atom stereocenters. The summed E-state index contributed by atoms with van der Waals surface area (Å²) in [4.78, 5) is 12.3. The summed E-state index contributed by atoms with van der Waals surface area (Å²) in [6.07, 6.45) is 76.9. The van der Waals surface area contributed by atoms with Gasteiger partial charge in [0.1, 0.15) is 0 Å². The van der Waals surface area contributed by atoms with Crippen molar-refractivity contribution >= 4 is 5.91 Å². The molecule has 4 nitrogen and oxygen atoms in total. The highest BCUT2D eigenvalue weighted by Crippen LogP contribution is 2.15. The summed E-state index contributed by atoms with van der Waals surface area (Å²) in [5, 5.41) is 22.8. The maximum Gasteiger partial charge on any atom is 0.220 e. The number of carbonyl (C=O) groups excluding carboxylic acids is 1. The van der Waals surface area contributed by atoms with E-state index < -0.39 is 12.1 Å². The number of unbranched alkanes of at least 4 members (excludes halogenated alkanes) is 21. The van der Waals surface area contributed by atoms with Crippen molar-refractivity contribution < 1.29 is 15.0 Å². The molecule has 342 valence electrons. The van der Waals surface area contributed by atoms with E-state index in [1.807, 2.05) is 6.08 Å². The highest BCUT2D eigenvalue weighted by Gasteiger charge is 2.17. The first kappa shape index (κ1) is 57.1. The van der Waals surface area contributed by atoms with Crippen molar-refractivity contribution in [2.24, 2.45) is 0 Å². The van der Waals surface area contributed by atoms with E-state index in [2.05, 4.69) is 116 Å². The number of amides is 1. The molecule has 0 aromatic carbocycles. The fourth-order valence-corrected chi connectivity index (χ4v) is 6.95. The van der Waals surface area contributed by atoms with Gasteiger partial charge in [-0.15, -0.1) is 0 Å². The van der Waals surface area contributed by atoms with Crippen LogP contribution in [0.1, 0.15) is 219 Å². The minimum Gasteiger partial charge on any atom is -0.394 e. The van der Waals surface area contributed by atoms with Gasteiger partial charge in [0, 0.05) is 6.42 Å². The van der Waals surface area contributed by atoms with E-state index in [0.717, 1.165) is 83.5 Å². The summed E-state index contributed by atoms with van der Waals surface area (Å²) in [7, 11) is 0. The molecule has 3 N–H and O–H groups in total. The highest BCUT2D eigenvalue weighted by molar-refractivity contribution is 5.76. The zero-order valence-electron chi connectivity index (χ0n) is 39.2. The second-order valence-corrected chi connectivity index (χ2v) is 16.5. The summed E-state index contributed by atoms with van der Waals surface area (Å²) < 4.78 is 0. The number of aliphatic hydroxyl groups is 2. The Balaban J connectivity index is 3.45. The van der Waals surface area contributed by atoms with Crippen molar-refractivity contribution in [2.75, 3.05) is 6.61 Å². The van der Waals surface area contributed by atoms with Crippen molar-refractivity contribution in [1.82, 2.24) is 5.32 Å². The van der Waals surface area contributed by atoms with E-state index in [4.69, 9.17) is 0 Å². The number of aliphatic hydroxyl groups excluding tert-OH is 2. The van der Waals surface area contributed by atoms with Crippen LogP contribution in [-0.2, 0) is 4.79 Å². The summed E-state index contributed by atoms with van der Waals surface area (Å²) in [6, 6.07) is -0.639. The van der Waals surface area contributed by atoms with Crippen molar-refractivity contribution in [1.29, 1.82) is 0 Å². The molecule has 0 aliphatic rings. The molecule has 0 saturated heterocycles. The monoisotopic (exact) mass is 830 g/mol. The average Bonchev–Trinajstić information content (AvgIpc) is 3.25. The molecular formula is C56H95NO3. The van der Waals surface area contributed by atoms with Crippen LogP contribution in [0.2, 0.25) is 0 Å². The van der Waals surface area contributed by atoms with Gasteiger partial charge in [0.25, 0.3) is 0 Å². The van der Waals surface area contributed by atoms with Crippen LogP contribution in [0.4, 0.5) is 0 Å². The van der Waals surface area contributed by atoms with Gasteiger partial charge in [0.15, 0.2) is 0 Å². The van der Waals surface area contributed by atoms with E-state index >= 15 is 0 Å². The van der Waals surface area contributed by atoms with Crippen LogP contribution in [0.5, 0.6) is 0 Å². The van der Waals surface area contributed by atoms with Gasteiger partial charge < -0.3 is 15.5 Å². The number of rotatable bonds is 44. The Kier molecular flexibility index (Phi) is 47.9. The molecule has 60 heavy (non-hydrogen) atoms. The molecule has 0 spiro atoms. The molecule has 2 unspecified atom stereocenters. The molecule has 0 bridgehead atoms. The van der Waals surface area contributed by atoms with Crippen LogP contribution in [0, 0.1) is 0 Å². The fraction of sp³-hybridized carbons (Fsp3) is 0.661. The van der Waals surface area contributed by atoms with Gasteiger partial charge in [-0.25, -0.2) is 0 Å². The average molecular weight is 830 g/mol. The van der Waals surface area contributed by atoms with E-state index in [1.54, 1.807) is 6.08 Å². The van der Waals surface area contributed by atoms with Crippen molar-refractivity contribution in [2.45, 2.75) is 231 Å². The van der Waals surface area contributed by atoms with Crippen molar-refractivity contribution in [3.63, 3.8) is 0 Å². The second kappa shape index (κ2) is 50.4. The molecular weight excluding hydrogens is 735 g/mol. The van der Waals surface area contributed by atoms with E-state index in [-0.39, 0.29) is 12.5 Å². The Morgan fingerprint density at radius 1 is 0.417 bits per heavy atom. The van der Waals surface area contributed by atoms with Crippen LogP contribution >= 0.6 is 0 Å². The fourth-order valence-electron chi connectivity index (χ4n) is 6.95. The minimum atomic E-state index is -0.862. The predicted molar refractivity (Wildman–Crippen MR) is 266 cm³/mol. The Morgan fingerprint density at radius 3 is 1.15 bits per heavy atom. The number of hydrogen-bond acceptors (Lipinski definition) is 3. The molecule has 0 radical (unpaired) electrons. The minimum absolute atomic E-state index is 0.0808. The maximum atomic E-state index is 12.3. The van der Waals surface area contributed by atoms with E-state index in [9.17, 15) is 15.0 Å². The first-order valence-corrected chi connectivity index (χ1v) is 25.1. The first-order chi connectivity index (χ1) is 29.7. The van der Waals surface area contributed by atoms with Crippen molar-refractivity contribution in [3.05, 3.63) is 109 Å². The van der Waals surface area contributed by atoms with Crippen LogP contribution < -0.4 is 5.32 Å². The zero-order chi connectivity index (χ0) is 43.5. The predicted octanol–water partition coefficient (Wildman–Crippen LogP) is 16.4. The third-order valence-corrected chi connectivity index (χ3v) is 10.7. The lowest BCUT2D eigenvalue weighted by Crippen LogP contribution is -2.45. The van der Waals surface area contributed by atoms with E-state index in [1.165, 1.54) is 116 Å². The zero-order valence-corrected chi connectivity index (χ0v) is 39.2. The molecule has 0 aliphatic heterocycles.